The summed E-state index contributed by atoms with van der Waals surface area (Å²) < 4.78 is 24.2. The van der Waals surface area contributed by atoms with Crippen LogP contribution in [0.15, 0.2) is 18.2 Å². The van der Waals surface area contributed by atoms with Gasteiger partial charge in [0.1, 0.15) is 5.82 Å². The van der Waals surface area contributed by atoms with Gasteiger partial charge in [-0.2, -0.15) is 0 Å². The van der Waals surface area contributed by atoms with Gasteiger partial charge in [0, 0.05) is 24.7 Å². The van der Waals surface area contributed by atoms with Gasteiger partial charge in [0.2, 0.25) is 0 Å². The van der Waals surface area contributed by atoms with Gasteiger partial charge in [-0.05, 0) is 19.1 Å². The summed E-state index contributed by atoms with van der Waals surface area (Å²) in [4.78, 5) is 0. The summed E-state index contributed by atoms with van der Waals surface area (Å²) in [5.74, 6) is 5.21. The van der Waals surface area contributed by atoms with Crippen molar-refractivity contribution in [2.24, 2.45) is 0 Å². The van der Waals surface area contributed by atoms with E-state index in [-0.39, 0.29) is 25.1 Å². The molecule has 0 aliphatic rings. The molecular weight excluding hydrogens is 247 g/mol. The molecule has 0 aliphatic heterocycles. The van der Waals surface area contributed by atoms with E-state index in [0.29, 0.717) is 24.2 Å². The van der Waals surface area contributed by atoms with Crippen molar-refractivity contribution in [1.29, 1.82) is 0 Å². The molecule has 0 saturated carbocycles. The predicted molar refractivity (Wildman–Crippen MR) is 71.1 cm³/mol. The maximum atomic E-state index is 13.8. The van der Waals surface area contributed by atoms with Crippen molar-refractivity contribution < 1.29 is 19.0 Å². The number of aliphatic hydroxyl groups is 1. The highest BCUT2D eigenvalue weighted by Gasteiger charge is 2.06. The molecule has 1 unspecified atom stereocenters. The fourth-order valence-electron chi connectivity index (χ4n) is 1.48. The predicted octanol–water partition coefficient (Wildman–Crippen LogP) is 2.11. The van der Waals surface area contributed by atoms with Gasteiger partial charge in [-0.15, -0.1) is 0 Å². The van der Waals surface area contributed by atoms with Crippen molar-refractivity contribution in [2.75, 3.05) is 20.3 Å². The van der Waals surface area contributed by atoms with E-state index < -0.39 is 0 Å². The third-order valence-electron chi connectivity index (χ3n) is 2.45. The lowest BCUT2D eigenvalue weighted by atomic mass is 10.1. The van der Waals surface area contributed by atoms with Crippen LogP contribution in [0.2, 0.25) is 0 Å². The molecule has 1 N–H and O–H groups in total. The SMILES string of the molecule is COCC(C)OCc1ccc(C#CCCO)cc1F. The Morgan fingerprint density at radius 3 is 2.84 bits per heavy atom. The Morgan fingerprint density at radius 2 is 2.21 bits per heavy atom. The molecule has 0 aromatic heterocycles. The zero-order valence-corrected chi connectivity index (χ0v) is 11.3. The van der Waals surface area contributed by atoms with Gasteiger partial charge < -0.3 is 14.6 Å². The standard InChI is InChI=1S/C15H19FO3/c1-12(10-18-2)19-11-14-7-6-13(9-15(14)16)5-3-4-8-17/h6-7,9,12,17H,4,8,10-11H2,1-2H3. The molecule has 0 fully saturated rings. The van der Waals surface area contributed by atoms with Crippen molar-refractivity contribution in [3.05, 3.63) is 35.1 Å². The van der Waals surface area contributed by atoms with Gasteiger partial charge in [0.05, 0.1) is 25.9 Å². The Morgan fingerprint density at radius 1 is 1.42 bits per heavy atom. The molecular formula is C15H19FO3. The lowest BCUT2D eigenvalue weighted by Crippen LogP contribution is -2.14. The number of halogens is 1. The molecule has 1 aromatic rings. The second-order valence-corrected chi connectivity index (χ2v) is 4.16. The maximum absolute atomic E-state index is 13.8. The minimum absolute atomic E-state index is 0.0127. The van der Waals surface area contributed by atoms with Crippen molar-refractivity contribution in [3.63, 3.8) is 0 Å². The summed E-state index contributed by atoms with van der Waals surface area (Å²) in [6.45, 7) is 2.57. The zero-order valence-electron chi connectivity index (χ0n) is 11.3. The molecule has 1 rings (SSSR count). The Labute approximate surface area is 113 Å². The van der Waals surface area contributed by atoms with Crippen molar-refractivity contribution in [1.82, 2.24) is 0 Å². The van der Waals surface area contributed by atoms with E-state index in [2.05, 4.69) is 11.8 Å². The molecule has 1 aromatic carbocycles. The summed E-state index contributed by atoms with van der Waals surface area (Å²) in [5.41, 5.74) is 1.09. The van der Waals surface area contributed by atoms with E-state index >= 15 is 0 Å². The summed E-state index contributed by atoms with van der Waals surface area (Å²) in [6.07, 6.45) is 0.314. The molecule has 3 nitrogen and oxygen atoms in total. The smallest absolute Gasteiger partial charge is 0.129 e. The van der Waals surface area contributed by atoms with Crippen molar-refractivity contribution in [3.8, 4) is 11.8 Å². The molecule has 4 heteroatoms. The molecule has 19 heavy (non-hydrogen) atoms. The molecule has 0 bridgehead atoms. The Balaban J connectivity index is 2.60. The van der Waals surface area contributed by atoms with E-state index in [1.54, 1.807) is 19.2 Å². The highest BCUT2D eigenvalue weighted by molar-refractivity contribution is 5.36. The minimum Gasteiger partial charge on any atom is -0.395 e. The van der Waals surface area contributed by atoms with Crippen LogP contribution in [-0.2, 0) is 16.1 Å². The first-order valence-electron chi connectivity index (χ1n) is 6.16. The zero-order chi connectivity index (χ0) is 14.1. The summed E-state index contributed by atoms with van der Waals surface area (Å²) in [5, 5.41) is 8.61. The Kier molecular flexibility index (Phi) is 7.12. The Hall–Kier alpha value is -1.41. The van der Waals surface area contributed by atoms with E-state index in [1.165, 1.54) is 6.07 Å². The van der Waals surface area contributed by atoms with Crippen molar-refractivity contribution in [2.45, 2.75) is 26.1 Å². The van der Waals surface area contributed by atoms with Gasteiger partial charge in [-0.25, -0.2) is 4.39 Å². The fourth-order valence-corrected chi connectivity index (χ4v) is 1.48. The number of hydrogen-bond donors (Lipinski definition) is 1. The molecule has 0 heterocycles. The second kappa shape index (κ2) is 8.65. The van der Waals surface area contributed by atoms with E-state index in [1.807, 2.05) is 6.92 Å². The van der Waals surface area contributed by atoms with Gasteiger partial charge in [0.25, 0.3) is 0 Å². The quantitative estimate of drug-likeness (QED) is 0.801. The highest BCUT2D eigenvalue weighted by Crippen LogP contribution is 2.12. The number of hydrogen-bond acceptors (Lipinski definition) is 3. The topological polar surface area (TPSA) is 38.7 Å². The van der Waals surface area contributed by atoms with Gasteiger partial charge in [-0.3, -0.25) is 0 Å². The van der Waals surface area contributed by atoms with Crippen LogP contribution in [0.1, 0.15) is 24.5 Å². The first-order valence-corrected chi connectivity index (χ1v) is 6.16. The highest BCUT2D eigenvalue weighted by atomic mass is 19.1. The largest absolute Gasteiger partial charge is 0.395 e. The summed E-state index contributed by atoms with van der Waals surface area (Å²) >= 11 is 0. The van der Waals surface area contributed by atoms with Gasteiger partial charge >= 0.3 is 0 Å². The van der Waals surface area contributed by atoms with Crippen LogP contribution in [0.3, 0.4) is 0 Å². The molecule has 1 atom stereocenters. The summed E-state index contributed by atoms with van der Waals surface area (Å²) in [6, 6.07) is 4.79. The van der Waals surface area contributed by atoms with Crippen LogP contribution < -0.4 is 0 Å². The van der Waals surface area contributed by atoms with Gasteiger partial charge in [-0.1, -0.05) is 17.9 Å². The van der Waals surface area contributed by atoms with Crippen LogP contribution in [0, 0.1) is 17.7 Å². The van der Waals surface area contributed by atoms with Crippen LogP contribution >= 0.6 is 0 Å². The fraction of sp³-hybridized carbons (Fsp3) is 0.467. The first-order chi connectivity index (χ1) is 9.17. The normalized spacial score (nSPS) is 11.8. The van der Waals surface area contributed by atoms with E-state index in [9.17, 15) is 4.39 Å². The minimum atomic E-state index is -0.333. The van der Waals surface area contributed by atoms with Crippen LogP contribution in [-0.4, -0.2) is 31.5 Å². The average Bonchev–Trinajstić information content (AvgIpc) is 2.38. The monoisotopic (exact) mass is 266 g/mol. The second-order valence-electron chi connectivity index (χ2n) is 4.16. The number of aliphatic hydroxyl groups excluding tert-OH is 1. The van der Waals surface area contributed by atoms with Crippen LogP contribution in [0.4, 0.5) is 4.39 Å². The number of methoxy groups -OCH3 is 1. The lowest BCUT2D eigenvalue weighted by molar-refractivity contribution is -0.00110. The number of ether oxygens (including phenoxy) is 2. The molecule has 0 saturated heterocycles. The molecule has 0 spiro atoms. The third kappa shape index (κ3) is 5.84. The maximum Gasteiger partial charge on any atom is 0.129 e. The molecule has 104 valence electrons. The van der Waals surface area contributed by atoms with Crippen LogP contribution in [0.25, 0.3) is 0 Å². The summed E-state index contributed by atoms with van der Waals surface area (Å²) in [7, 11) is 1.60. The van der Waals surface area contributed by atoms with E-state index in [0.717, 1.165) is 0 Å². The average molecular weight is 266 g/mol. The molecule has 0 aliphatic carbocycles. The molecule has 0 radical (unpaired) electrons. The van der Waals surface area contributed by atoms with E-state index in [4.69, 9.17) is 14.6 Å². The van der Waals surface area contributed by atoms with Gasteiger partial charge in [0.15, 0.2) is 0 Å². The first kappa shape index (κ1) is 15.6. The van der Waals surface area contributed by atoms with Crippen molar-refractivity contribution >= 4 is 0 Å². The lowest BCUT2D eigenvalue weighted by Gasteiger charge is -2.12. The number of benzene rings is 1. The molecule has 0 amide bonds. The Bertz CT molecular complexity index is 448. The van der Waals surface area contributed by atoms with Crippen LogP contribution in [0.5, 0.6) is 0 Å². The third-order valence-corrected chi connectivity index (χ3v) is 2.45. The number of rotatable bonds is 6.